The number of aryl methyl sites for hydroxylation is 1. The van der Waals surface area contributed by atoms with Crippen LogP contribution in [0.3, 0.4) is 0 Å². The summed E-state index contributed by atoms with van der Waals surface area (Å²) in [4.78, 5) is 19.1. The molecule has 0 saturated carbocycles. The van der Waals surface area contributed by atoms with Gasteiger partial charge in [-0.1, -0.05) is 11.6 Å². The summed E-state index contributed by atoms with van der Waals surface area (Å²) >= 11 is 6.00. The van der Waals surface area contributed by atoms with Gasteiger partial charge in [0.05, 0.1) is 6.67 Å². The third-order valence-corrected chi connectivity index (χ3v) is 3.67. The molecule has 0 radical (unpaired) electrons. The SMILES string of the molecule is Cc1cc(Cl)ccc1NCN(C)c1nc(N(C)C)nc(N(C)C)n1. The maximum atomic E-state index is 6.00. The lowest BCUT2D eigenvalue weighted by Crippen LogP contribution is -2.29. The molecule has 24 heavy (non-hydrogen) atoms. The van der Waals surface area contributed by atoms with E-state index in [4.69, 9.17) is 11.6 Å². The van der Waals surface area contributed by atoms with Gasteiger partial charge in [-0.3, -0.25) is 0 Å². The number of aromatic nitrogens is 3. The van der Waals surface area contributed by atoms with Crippen molar-refractivity contribution in [1.82, 2.24) is 15.0 Å². The molecule has 0 bridgehead atoms. The van der Waals surface area contributed by atoms with Crippen molar-refractivity contribution in [1.29, 1.82) is 0 Å². The standard InChI is InChI=1S/C16H24ClN7/c1-11-9-12(17)7-8-13(11)18-10-24(6)16-20-14(22(2)3)19-15(21-16)23(4)5/h7-9,18H,10H2,1-6H3. The molecule has 0 atom stereocenters. The second kappa shape index (κ2) is 7.53. The van der Waals surface area contributed by atoms with Gasteiger partial charge in [-0.25, -0.2) is 0 Å². The summed E-state index contributed by atoms with van der Waals surface area (Å²) in [7, 11) is 9.58. The lowest BCUT2D eigenvalue weighted by atomic mass is 10.2. The molecule has 1 N–H and O–H groups in total. The number of rotatable bonds is 6. The minimum absolute atomic E-state index is 0.562. The third-order valence-electron chi connectivity index (χ3n) is 3.44. The van der Waals surface area contributed by atoms with E-state index in [2.05, 4.69) is 20.3 Å². The maximum absolute atomic E-state index is 6.00. The zero-order chi connectivity index (χ0) is 17.9. The van der Waals surface area contributed by atoms with Crippen LogP contribution in [0.5, 0.6) is 0 Å². The molecule has 0 aliphatic carbocycles. The van der Waals surface area contributed by atoms with E-state index in [1.807, 2.05) is 75.1 Å². The summed E-state index contributed by atoms with van der Waals surface area (Å²) in [5, 5.41) is 4.11. The first-order valence-electron chi connectivity index (χ1n) is 7.60. The van der Waals surface area contributed by atoms with Crippen molar-refractivity contribution >= 4 is 35.1 Å². The molecule has 1 aromatic heterocycles. The van der Waals surface area contributed by atoms with Gasteiger partial charge in [0.1, 0.15) is 0 Å². The number of nitrogens with one attached hydrogen (secondary N) is 1. The molecule has 0 spiro atoms. The number of halogens is 1. The summed E-state index contributed by atoms with van der Waals surface area (Å²) in [6.07, 6.45) is 0. The molecule has 0 aliphatic rings. The molecule has 0 saturated heterocycles. The van der Waals surface area contributed by atoms with Gasteiger partial charge in [0.25, 0.3) is 0 Å². The van der Waals surface area contributed by atoms with Crippen molar-refractivity contribution in [3.05, 3.63) is 28.8 Å². The summed E-state index contributed by atoms with van der Waals surface area (Å²) in [5.41, 5.74) is 2.12. The quantitative estimate of drug-likeness (QED) is 0.804. The Morgan fingerprint density at radius 1 is 0.917 bits per heavy atom. The van der Waals surface area contributed by atoms with Crippen molar-refractivity contribution in [2.24, 2.45) is 0 Å². The van der Waals surface area contributed by atoms with Crippen LogP contribution in [0.25, 0.3) is 0 Å². The van der Waals surface area contributed by atoms with Crippen molar-refractivity contribution < 1.29 is 0 Å². The van der Waals surface area contributed by atoms with E-state index in [0.29, 0.717) is 24.5 Å². The van der Waals surface area contributed by atoms with Gasteiger partial charge in [0.2, 0.25) is 17.8 Å². The Bertz CT molecular complexity index is 677. The number of benzene rings is 1. The van der Waals surface area contributed by atoms with Crippen LogP contribution in [0.15, 0.2) is 18.2 Å². The molecular formula is C16H24ClN7. The average molecular weight is 350 g/mol. The van der Waals surface area contributed by atoms with Crippen LogP contribution in [0.4, 0.5) is 23.5 Å². The van der Waals surface area contributed by atoms with E-state index in [-0.39, 0.29) is 0 Å². The normalized spacial score (nSPS) is 10.5. The van der Waals surface area contributed by atoms with Gasteiger partial charge in [0, 0.05) is 45.9 Å². The highest BCUT2D eigenvalue weighted by atomic mass is 35.5. The van der Waals surface area contributed by atoms with Crippen molar-refractivity contribution in [2.45, 2.75) is 6.92 Å². The molecule has 0 fully saturated rings. The molecule has 130 valence electrons. The molecule has 2 rings (SSSR count). The molecule has 8 heteroatoms. The van der Waals surface area contributed by atoms with Crippen LogP contribution in [0.1, 0.15) is 5.56 Å². The fraction of sp³-hybridized carbons (Fsp3) is 0.438. The predicted octanol–water partition coefficient (Wildman–Crippen LogP) is 2.47. The molecule has 2 aromatic rings. The fourth-order valence-electron chi connectivity index (χ4n) is 2.01. The zero-order valence-electron chi connectivity index (χ0n) is 15.0. The number of anilines is 4. The molecule has 1 aromatic carbocycles. The summed E-state index contributed by atoms with van der Waals surface area (Å²) < 4.78 is 0. The average Bonchev–Trinajstić information content (AvgIpc) is 2.53. The predicted molar refractivity (Wildman–Crippen MR) is 102 cm³/mol. The summed E-state index contributed by atoms with van der Waals surface area (Å²) in [6, 6.07) is 5.77. The van der Waals surface area contributed by atoms with E-state index in [1.165, 1.54) is 0 Å². The van der Waals surface area contributed by atoms with Gasteiger partial charge < -0.3 is 20.0 Å². The Labute approximate surface area is 148 Å². The Morgan fingerprint density at radius 2 is 1.46 bits per heavy atom. The highest BCUT2D eigenvalue weighted by Crippen LogP contribution is 2.20. The van der Waals surface area contributed by atoms with Gasteiger partial charge >= 0.3 is 0 Å². The minimum atomic E-state index is 0.562. The van der Waals surface area contributed by atoms with Gasteiger partial charge in [-0.15, -0.1) is 0 Å². The second-order valence-corrected chi connectivity index (χ2v) is 6.45. The first kappa shape index (κ1) is 18.1. The summed E-state index contributed by atoms with van der Waals surface area (Å²) in [5.74, 6) is 1.85. The van der Waals surface area contributed by atoms with E-state index in [1.54, 1.807) is 0 Å². The van der Waals surface area contributed by atoms with Crippen molar-refractivity contribution in [2.75, 3.05) is 61.9 Å². The largest absolute Gasteiger partial charge is 0.367 e. The monoisotopic (exact) mass is 349 g/mol. The van der Waals surface area contributed by atoms with E-state index >= 15 is 0 Å². The molecule has 7 nitrogen and oxygen atoms in total. The van der Waals surface area contributed by atoms with Crippen molar-refractivity contribution in [3.63, 3.8) is 0 Å². The van der Waals surface area contributed by atoms with E-state index in [0.717, 1.165) is 16.3 Å². The highest BCUT2D eigenvalue weighted by molar-refractivity contribution is 6.30. The lowest BCUT2D eigenvalue weighted by Gasteiger charge is -2.22. The van der Waals surface area contributed by atoms with Gasteiger partial charge in [0.15, 0.2) is 0 Å². The maximum Gasteiger partial charge on any atom is 0.233 e. The second-order valence-electron chi connectivity index (χ2n) is 6.02. The summed E-state index contributed by atoms with van der Waals surface area (Å²) in [6.45, 7) is 2.58. The van der Waals surface area contributed by atoms with E-state index < -0.39 is 0 Å². The Morgan fingerprint density at radius 3 is 1.96 bits per heavy atom. The van der Waals surface area contributed by atoms with Crippen LogP contribution >= 0.6 is 11.6 Å². The molecule has 0 amide bonds. The zero-order valence-corrected chi connectivity index (χ0v) is 15.8. The smallest absolute Gasteiger partial charge is 0.233 e. The van der Waals surface area contributed by atoms with E-state index in [9.17, 15) is 0 Å². The fourth-order valence-corrected chi connectivity index (χ4v) is 2.24. The molecule has 1 heterocycles. The first-order valence-corrected chi connectivity index (χ1v) is 7.97. The third kappa shape index (κ3) is 4.38. The van der Waals surface area contributed by atoms with Gasteiger partial charge in [-0.05, 0) is 30.7 Å². The Balaban J connectivity index is 2.17. The van der Waals surface area contributed by atoms with Crippen LogP contribution in [0.2, 0.25) is 5.02 Å². The van der Waals surface area contributed by atoms with Crippen LogP contribution in [-0.4, -0.2) is 56.9 Å². The van der Waals surface area contributed by atoms with Crippen LogP contribution < -0.4 is 20.0 Å². The van der Waals surface area contributed by atoms with Crippen molar-refractivity contribution in [3.8, 4) is 0 Å². The number of hydrogen-bond donors (Lipinski definition) is 1. The minimum Gasteiger partial charge on any atom is -0.367 e. The topological polar surface area (TPSA) is 60.4 Å². The van der Waals surface area contributed by atoms with Gasteiger partial charge in [-0.2, -0.15) is 15.0 Å². The molecule has 0 aliphatic heterocycles. The number of nitrogens with zero attached hydrogens (tertiary/aromatic N) is 6. The van der Waals surface area contributed by atoms with Crippen LogP contribution in [0, 0.1) is 6.92 Å². The highest BCUT2D eigenvalue weighted by Gasteiger charge is 2.13. The van der Waals surface area contributed by atoms with Crippen LogP contribution in [-0.2, 0) is 0 Å². The lowest BCUT2D eigenvalue weighted by molar-refractivity contribution is 0.854. The molecule has 0 unspecified atom stereocenters. The Hall–Kier alpha value is -2.28. The molecular weight excluding hydrogens is 326 g/mol. The Kier molecular flexibility index (Phi) is 5.66. The first-order chi connectivity index (χ1) is 11.3. The number of hydrogen-bond acceptors (Lipinski definition) is 7.